The standard InChI is InChI=1S/C21H27ClO3/c1-10-11(2)17(24)19(3)7-6-13-14(15(10)19)16(22)18-21(25-18)9-12(23)5-8-20(13,21)4/h12-16,18,23H,1-2,5-9H2,3-4H3/t12?,13-,14-,15+,16?,18?,19+,20-,21?/m1/s1. The second-order valence-corrected chi connectivity index (χ2v) is 10.1. The number of aliphatic hydroxyl groups is 1. The number of hydrogen-bond acceptors (Lipinski definition) is 3. The molecule has 0 amide bonds. The molecule has 0 aromatic rings. The van der Waals surface area contributed by atoms with Crippen LogP contribution in [0, 0.1) is 28.6 Å². The number of fused-ring (bicyclic) bond motifs is 4. The molecule has 25 heavy (non-hydrogen) atoms. The van der Waals surface area contributed by atoms with Gasteiger partial charge in [0.25, 0.3) is 0 Å². The van der Waals surface area contributed by atoms with Crippen molar-refractivity contribution in [2.24, 2.45) is 28.6 Å². The van der Waals surface area contributed by atoms with E-state index < -0.39 is 5.41 Å². The van der Waals surface area contributed by atoms with Gasteiger partial charge in [-0.15, -0.1) is 11.6 Å². The van der Waals surface area contributed by atoms with Gasteiger partial charge in [0, 0.05) is 28.7 Å². The molecule has 0 aromatic carbocycles. The van der Waals surface area contributed by atoms with Crippen LogP contribution in [-0.4, -0.2) is 34.1 Å². The summed E-state index contributed by atoms with van der Waals surface area (Å²) in [4.78, 5) is 12.9. The van der Waals surface area contributed by atoms with Gasteiger partial charge < -0.3 is 9.84 Å². The van der Waals surface area contributed by atoms with Crippen molar-refractivity contribution in [3.63, 3.8) is 0 Å². The van der Waals surface area contributed by atoms with Gasteiger partial charge >= 0.3 is 0 Å². The molecule has 0 radical (unpaired) electrons. The van der Waals surface area contributed by atoms with E-state index in [4.69, 9.17) is 16.3 Å². The van der Waals surface area contributed by atoms with Gasteiger partial charge in [-0.3, -0.25) is 4.79 Å². The Hall–Kier alpha value is -0.640. The fourth-order valence-corrected chi connectivity index (χ4v) is 7.94. The zero-order chi connectivity index (χ0) is 17.9. The second-order valence-electron chi connectivity index (χ2n) is 9.64. The first-order valence-electron chi connectivity index (χ1n) is 9.60. The minimum Gasteiger partial charge on any atom is -0.393 e. The Morgan fingerprint density at radius 3 is 2.68 bits per heavy atom. The molecule has 0 aromatic heterocycles. The molecular formula is C21H27ClO3. The Balaban J connectivity index is 1.61. The monoisotopic (exact) mass is 362 g/mol. The first-order chi connectivity index (χ1) is 11.7. The molecule has 5 aliphatic rings. The van der Waals surface area contributed by atoms with Gasteiger partial charge in [0.05, 0.1) is 11.5 Å². The highest BCUT2D eigenvalue weighted by molar-refractivity contribution is 6.22. The van der Waals surface area contributed by atoms with Gasteiger partial charge in [-0.2, -0.15) is 0 Å². The molecule has 4 unspecified atom stereocenters. The largest absolute Gasteiger partial charge is 0.393 e. The first kappa shape index (κ1) is 16.5. The predicted molar refractivity (Wildman–Crippen MR) is 96.3 cm³/mol. The van der Waals surface area contributed by atoms with Crippen LogP contribution in [0.15, 0.2) is 24.3 Å². The number of hydrogen-bond donors (Lipinski definition) is 1. The van der Waals surface area contributed by atoms with E-state index in [1.54, 1.807) is 0 Å². The third-order valence-electron chi connectivity index (χ3n) is 8.78. The van der Waals surface area contributed by atoms with Crippen molar-refractivity contribution >= 4 is 17.4 Å². The lowest BCUT2D eigenvalue weighted by atomic mass is 9.44. The molecule has 5 rings (SSSR count). The van der Waals surface area contributed by atoms with Crippen LogP contribution in [0.25, 0.3) is 0 Å². The molecule has 1 aliphatic heterocycles. The average Bonchev–Trinajstić information content (AvgIpc) is 3.27. The molecule has 1 N–H and O–H groups in total. The fourth-order valence-electron chi connectivity index (χ4n) is 7.36. The third-order valence-corrected chi connectivity index (χ3v) is 9.30. The maximum atomic E-state index is 12.9. The Kier molecular flexibility index (Phi) is 3.04. The lowest BCUT2D eigenvalue weighted by molar-refractivity contribution is -0.135. The number of epoxide rings is 1. The molecule has 0 bridgehead atoms. The van der Waals surface area contributed by atoms with E-state index in [0.29, 0.717) is 17.9 Å². The zero-order valence-electron chi connectivity index (χ0n) is 15.1. The number of alkyl halides is 1. The Labute approximate surface area is 154 Å². The van der Waals surface area contributed by atoms with E-state index in [2.05, 4.69) is 27.0 Å². The molecule has 1 saturated heterocycles. The van der Waals surface area contributed by atoms with Crippen molar-refractivity contribution in [3.8, 4) is 0 Å². The van der Waals surface area contributed by atoms with Crippen molar-refractivity contribution in [1.29, 1.82) is 0 Å². The number of halogens is 1. The van der Waals surface area contributed by atoms with Gasteiger partial charge in [0.15, 0.2) is 5.78 Å². The van der Waals surface area contributed by atoms with Crippen LogP contribution in [0.1, 0.15) is 46.0 Å². The third kappa shape index (κ3) is 1.65. The maximum absolute atomic E-state index is 12.9. The van der Waals surface area contributed by atoms with Gasteiger partial charge in [-0.25, -0.2) is 0 Å². The number of carbonyl (C=O) groups excluding carboxylic acids is 1. The quantitative estimate of drug-likeness (QED) is 0.406. The van der Waals surface area contributed by atoms with E-state index in [1.807, 2.05) is 0 Å². The smallest absolute Gasteiger partial charge is 0.169 e. The summed E-state index contributed by atoms with van der Waals surface area (Å²) >= 11 is 7.01. The molecule has 136 valence electrons. The van der Waals surface area contributed by atoms with E-state index in [0.717, 1.165) is 31.3 Å². The summed E-state index contributed by atoms with van der Waals surface area (Å²) in [7, 11) is 0. The molecule has 4 saturated carbocycles. The van der Waals surface area contributed by atoms with Gasteiger partial charge in [-0.1, -0.05) is 27.0 Å². The topological polar surface area (TPSA) is 49.8 Å². The maximum Gasteiger partial charge on any atom is 0.169 e. The van der Waals surface area contributed by atoms with Crippen LogP contribution in [0.5, 0.6) is 0 Å². The second kappa shape index (κ2) is 4.61. The van der Waals surface area contributed by atoms with Crippen LogP contribution in [-0.2, 0) is 9.53 Å². The van der Waals surface area contributed by atoms with Crippen LogP contribution in [0.4, 0.5) is 0 Å². The van der Waals surface area contributed by atoms with Crippen molar-refractivity contribution in [1.82, 2.24) is 0 Å². The number of carbonyl (C=O) groups is 1. The SMILES string of the molecule is C=C1C(=C)[C@H]2[C@@H]3C(Cl)C4OC45CC(O)CC[C@]5(C)[C@@H]3CC[C@]2(C)C1=O. The normalized spacial score (nSPS) is 59.8. The predicted octanol–water partition coefficient (Wildman–Crippen LogP) is 3.64. The summed E-state index contributed by atoms with van der Waals surface area (Å²) in [5.74, 6) is 0.869. The van der Waals surface area contributed by atoms with E-state index >= 15 is 0 Å². The van der Waals surface area contributed by atoms with Crippen molar-refractivity contribution in [3.05, 3.63) is 24.3 Å². The Morgan fingerprint density at radius 2 is 1.96 bits per heavy atom. The fraction of sp³-hybridized carbons (Fsp3) is 0.762. The van der Waals surface area contributed by atoms with Gasteiger partial charge in [0.1, 0.15) is 11.7 Å². The Morgan fingerprint density at radius 1 is 1.24 bits per heavy atom. The molecule has 4 aliphatic carbocycles. The number of rotatable bonds is 0. The minimum absolute atomic E-state index is 0.00511. The lowest BCUT2D eigenvalue weighted by Crippen LogP contribution is -2.62. The number of Topliss-reactive ketones (excluding diaryl/α,β-unsaturated/α-hetero) is 1. The average molecular weight is 363 g/mol. The number of allylic oxidation sites excluding steroid dienone is 2. The highest BCUT2D eigenvalue weighted by atomic mass is 35.5. The van der Waals surface area contributed by atoms with Crippen molar-refractivity contribution in [2.45, 2.75) is 69.1 Å². The van der Waals surface area contributed by atoms with E-state index in [1.165, 1.54) is 0 Å². The summed E-state index contributed by atoms with van der Waals surface area (Å²) in [6.45, 7) is 12.7. The van der Waals surface area contributed by atoms with Crippen LogP contribution >= 0.6 is 11.6 Å². The molecule has 1 heterocycles. The Bertz CT molecular complexity index is 716. The zero-order valence-corrected chi connectivity index (χ0v) is 15.8. The van der Waals surface area contributed by atoms with E-state index in [-0.39, 0.29) is 46.2 Å². The number of aliphatic hydroxyl groups excluding tert-OH is 1. The van der Waals surface area contributed by atoms with E-state index in [9.17, 15) is 9.90 Å². The molecule has 3 nitrogen and oxygen atoms in total. The molecule has 5 fully saturated rings. The molecular weight excluding hydrogens is 336 g/mol. The highest BCUT2D eigenvalue weighted by Crippen LogP contribution is 2.74. The van der Waals surface area contributed by atoms with Crippen molar-refractivity contribution < 1.29 is 14.6 Å². The first-order valence-corrected chi connectivity index (χ1v) is 10.0. The van der Waals surface area contributed by atoms with Crippen molar-refractivity contribution in [2.75, 3.05) is 0 Å². The number of ether oxygens (including phenoxy) is 1. The molecule has 1 spiro atoms. The summed E-state index contributed by atoms with van der Waals surface area (Å²) in [5.41, 5.74) is 0.881. The summed E-state index contributed by atoms with van der Waals surface area (Å²) < 4.78 is 6.29. The van der Waals surface area contributed by atoms with Crippen LogP contribution < -0.4 is 0 Å². The summed E-state index contributed by atoms with van der Waals surface area (Å²) in [6.07, 6.45) is 4.09. The summed E-state index contributed by atoms with van der Waals surface area (Å²) in [5, 5.41) is 10.1. The minimum atomic E-state index is -0.401. The highest BCUT2D eigenvalue weighted by Gasteiger charge is 2.79. The molecule has 9 atom stereocenters. The number of ketones is 1. The molecule has 4 heteroatoms. The van der Waals surface area contributed by atoms with Gasteiger partial charge in [-0.05, 0) is 43.1 Å². The van der Waals surface area contributed by atoms with Crippen LogP contribution in [0.3, 0.4) is 0 Å². The van der Waals surface area contributed by atoms with Crippen LogP contribution in [0.2, 0.25) is 0 Å². The lowest BCUT2D eigenvalue weighted by Gasteiger charge is -2.59. The van der Waals surface area contributed by atoms with Gasteiger partial charge in [0.2, 0.25) is 0 Å². The summed E-state index contributed by atoms with van der Waals surface area (Å²) in [6, 6.07) is 0.